The van der Waals surface area contributed by atoms with Gasteiger partial charge in [-0.25, -0.2) is 4.79 Å². The van der Waals surface area contributed by atoms with Crippen molar-refractivity contribution in [1.29, 1.82) is 0 Å². The van der Waals surface area contributed by atoms with Crippen LogP contribution in [0.5, 0.6) is 5.75 Å². The van der Waals surface area contributed by atoms with E-state index in [2.05, 4.69) is 5.32 Å². The summed E-state index contributed by atoms with van der Waals surface area (Å²) in [4.78, 5) is 13.3. The molecular formula is C21H25F3N2O4S. The first kappa shape index (κ1) is 24.5. The summed E-state index contributed by atoms with van der Waals surface area (Å²) in [5.41, 5.74) is -0.471. The van der Waals surface area contributed by atoms with E-state index in [9.17, 15) is 26.4 Å². The topological polar surface area (TPSA) is 75.7 Å². The van der Waals surface area contributed by atoms with Crippen molar-refractivity contribution in [3.05, 3.63) is 59.7 Å². The number of carbonyl (C=O) groups excluding carboxylic acids is 1. The first-order valence-electron chi connectivity index (χ1n) is 9.66. The number of rotatable bonds is 8. The summed E-state index contributed by atoms with van der Waals surface area (Å²) in [6.45, 7) is 6.90. The Balaban J connectivity index is 2.24. The highest BCUT2D eigenvalue weighted by atomic mass is 32.2. The Labute approximate surface area is 180 Å². The van der Waals surface area contributed by atoms with Gasteiger partial charge in [-0.15, -0.1) is 0 Å². The Morgan fingerprint density at radius 2 is 1.81 bits per heavy atom. The number of amides is 2. The van der Waals surface area contributed by atoms with Crippen LogP contribution >= 0.6 is 0 Å². The largest absolute Gasteiger partial charge is 0.416 e. The molecule has 0 aromatic heterocycles. The van der Waals surface area contributed by atoms with E-state index in [4.69, 9.17) is 4.18 Å². The molecule has 1 N–H and O–H groups in total. The summed E-state index contributed by atoms with van der Waals surface area (Å²) >= 11 is 0. The lowest BCUT2D eigenvalue weighted by atomic mass is 10.1. The highest BCUT2D eigenvalue weighted by Gasteiger charge is 2.32. The van der Waals surface area contributed by atoms with E-state index in [1.54, 1.807) is 24.0 Å². The van der Waals surface area contributed by atoms with E-state index >= 15 is 0 Å². The number of nitrogens with one attached hydrogen (secondary N) is 1. The molecule has 0 unspecified atom stereocenters. The van der Waals surface area contributed by atoms with Crippen molar-refractivity contribution in [3.8, 4) is 5.75 Å². The molecule has 0 fully saturated rings. The minimum atomic E-state index is -4.68. The van der Waals surface area contributed by atoms with Gasteiger partial charge in [0.25, 0.3) is 0 Å². The first-order valence-corrected chi connectivity index (χ1v) is 11.1. The first-order chi connectivity index (χ1) is 14.4. The van der Waals surface area contributed by atoms with Crippen molar-refractivity contribution in [3.63, 3.8) is 0 Å². The molecule has 0 spiro atoms. The van der Waals surface area contributed by atoms with Crippen LogP contribution in [0.1, 0.15) is 31.9 Å². The summed E-state index contributed by atoms with van der Waals surface area (Å²) in [7, 11) is -4.48. The Hall–Kier alpha value is -2.75. The molecule has 0 saturated heterocycles. The summed E-state index contributed by atoms with van der Waals surface area (Å²) in [5.74, 6) is 0.152. The molecule has 0 atom stereocenters. The monoisotopic (exact) mass is 458 g/mol. The zero-order valence-corrected chi connectivity index (χ0v) is 18.3. The molecule has 0 aliphatic rings. The Kier molecular flexibility index (Phi) is 7.94. The highest BCUT2D eigenvalue weighted by molar-refractivity contribution is 7.87. The minimum Gasteiger partial charge on any atom is -0.379 e. The molecule has 10 heteroatoms. The molecule has 2 rings (SSSR count). The van der Waals surface area contributed by atoms with Gasteiger partial charge in [0.15, 0.2) is 0 Å². The molecule has 0 radical (unpaired) electrons. The molecule has 31 heavy (non-hydrogen) atoms. The molecular weight excluding hydrogens is 433 g/mol. The van der Waals surface area contributed by atoms with Crippen LogP contribution in [0.2, 0.25) is 0 Å². The molecule has 2 aromatic carbocycles. The zero-order chi connectivity index (χ0) is 23.2. The third-order valence-corrected chi connectivity index (χ3v) is 5.37. The minimum absolute atomic E-state index is 0.0599. The van der Waals surface area contributed by atoms with Crippen molar-refractivity contribution in [2.45, 2.75) is 38.4 Å². The van der Waals surface area contributed by atoms with Crippen molar-refractivity contribution < 1.29 is 30.6 Å². The third kappa shape index (κ3) is 7.16. The van der Waals surface area contributed by atoms with Crippen LogP contribution in [0.25, 0.3) is 0 Å². The van der Waals surface area contributed by atoms with Crippen molar-refractivity contribution in [2.75, 3.05) is 13.1 Å². The smallest absolute Gasteiger partial charge is 0.379 e. The SMILES string of the molecule is CCNC(=O)N(Cc1cccc(OS(=O)(=O)c2cccc(C(F)(F)F)c2)c1)CC(C)C. The molecule has 6 nitrogen and oxygen atoms in total. The predicted octanol–water partition coefficient (Wildman–Crippen LogP) is 4.66. The maximum Gasteiger partial charge on any atom is 0.416 e. The molecule has 0 aliphatic heterocycles. The van der Waals surface area contributed by atoms with E-state index in [-0.39, 0.29) is 24.2 Å². The average Bonchev–Trinajstić information content (AvgIpc) is 2.67. The number of hydrogen-bond donors (Lipinski definition) is 1. The van der Waals surface area contributed by atoms with Crippen LogP contribution in [0, 0.1) is 5.92 Å². The standard InChI is InChI=1S/C21H25F3N2O4S/c1-4-25-20(27)26(13-15(2)3)14-16-7-5-9-18(11-16)30-31(28,29)19-10-6-8-17(12-19)21(22,23)24/h5-12,15H,4,13-14H2,1-3H3,(H,25,27). The van der Waals surface area contributed by atoms with Gasteiger partial charge in [0.2, 0.25) is 0 Å². The summed E-state index contributed by atoms with van der Waals surface area (Å²) in [6, 6.07) is 9.18. The van der Waals surface area contributed by atoms with Crippen LogP contribution < -0.4 is 9.50 Å². The second kappa shape index (κ2) is 10.0. The molecule has 170 valence electrons. The fraction of sp³-hybridized carbons (Fsp3) is 0.381. The van der Waals surface area contributed by atoms with Crippen LogP contribution in [0.3, 0.4) is 0 Å². The van der Waals surface area contributed by atoms with Crippen LogP contribution in [-0.2, 0) is 22.8 Å². The highest BCUT2D eigenvalue weighted by Crippen LogP contribution is 2.31. The van der Waals surface area contributed by atoms with Gasteiger partial charge in [0, 0.05) is 19.6 Å². The molecule has 0 heterocycles. The van der Waals surface area contributed by atoms with Gasteiger partial charge >= 0.3 is 22.3 Å². The predicted molar refractivity (Wildman–Crippen MR) is 110 cm³/mol. The Bertz CT molecular complexity index is 1010. The summed E-state index contributed by atoms with van der Waals surface area (Å²) in [6.07, 6.45) is -4.68. The average molecular weight is 459 g/mol. The van der Waals surface area contributed by atoms with Crippen molar-refractivity contribution in [1.82, 2.24) is 10.2 Å². The second-order valence-electron chi connectivity index (χ2n) is 7.32. The number of nitrogens with zero attached hydrogens (tertiary/aromatic N) is 1. The fourth-order valence-corrected chi connectivity index (χ4v) is 3.81. The lowest BCUT2D eigenvalue weighted by molar-refractivity contribution is -0.137. The quantitative estimate of drug-likeness (QED) is 0.584. The van der Waals surface area contributed by atoms with Gasteiger partial charge in [-0.3, -0.25) is 0 Å². The van der Waals surface area contributed by atoms with Crippen LogP contribution in [0.4, 0.5) is 18.0 Å². The molecule has 0 aliphatic carbocycles. The van der Waals surface area contributed by atoms with Gasteiger partial charge in [-0.2, -0.15) is 21.6 Å². The summed E-state index contributed by atoms with van der Waals surface area (Å²) in [5, 5.41) is 2.73. The number of urea groups is 1. The van der Waals surface area contributed by atoms with Crippen LogP contribution in [0.15, 0.2) is 53.4 Å². The maximum atomic E-state index is 12.9. The van der Waals surface area contributed by atoms with Gasteiger partial charge in [-0.1, -0.05) is 32.0 Å². The van der Waals surface area contributed by atoms with E-state index in [0.717, 1.165) is 18.2 Å². The second-order valence-corrected chi connectivity index (χ2v) is 8.87. The van der Waals surface area contributed by atoms with Crippen molar-refractivity contribution in [2.24, 2.45) is 5.92 Å². The number of alkyl halides is 3. The summed E-state index contributed by atoms with van der Waals surface area (Å²) < 4.78 is 68.7. The molecule has 0 saturated carbocycles. The Morgan fingerprint density at radius 3 is 2.42 bits per heavy atom. The van der Waals surface area contributed by atoms with Gasteiger partial charge in [0.05, 0.1) is 5.56 Å². The normalized spacial score (nSPS) is 12.0. The third-order valence-electron chi connectivity index (χ3n) is 4.13. The molecule has 2 amide bonds. The lowest BCUT2D eigenvalue weighted by Gasteiger charge is -2.25. The number of benzene rings is 2. The number of hydrogen-bond acceptors (Lipinski definition) is 4. The maximum absolute atomic E-state index is 12.9. The zero-order valence-electron chi connectivity index (χ0n) is 17.4. The van der Waals surface area contributed by atoms with Crippen molar-refractivity contribution >= 4 is 16.1 Å². The molecule has 2 aromatic rings. The van der Waals surface area contributed by atoms with Crippen LogP contribution in [-0.4, -0.2) is 32.4 Å². The van der Waals surface area contributed by atoms with E-state index in [1.807, 2.05) is 13.8 Å². The fourth-order valence-electron chi connectivity index (χ4n) is 2.84. The van der Waals surface area contributed by atoms with E-state index in [0.29, 0.717) is 24.7 Å². The Morgan fingerprint density at radius 1 is 1.13 bits per heavy atom. The number of halogens is 3. The van der Waals surface area contributed by atoms with Gasteiger partial charge in [-0.05, 0) is 48.7 Å². The lowest BCUT2D eigenvalue weighted by Crippen LogP contribution is -2.41. The van der Waals surface area contributed by atoms with E-state index < -0.39 is 26.8 Å². The number of carbonyl (C=O) groups is 1. The molecule has 0 bridgehead atoms. The van der Waals surface area contributed by atoms with Gasteiger partial charge in [0.1, 0.15) is 10.6 Å². The van der Waals surface area contributed by atoms with Gasteiger partial charge < -0.3 is 14.4 Å². The van der Waals surface area contributed by atoms with E-state index in [1.165, 1.54) is 12.1 Å².